The highest BCUT2D eigenvalue weighted by atomic mass is 16.2. The van der Waals surface area contributed by atoms with E-state index in [0.717, 1.165) is 19.5 Å². The van der Waals surface area contributed by atoms with Crippen molar-refractivity contribution in [2.24, 2.45) is 0 Å². The predicted molar refractivity (Wildman–Crippen MR) is 85.6 cm³/mol. The molecule has 3 atom stereocenters. The van der Waals surface area contributed by atoms with Gasteiger partial charge in [0.1, 0.15) is 18.5 Å². The zero-order chi connectivity index (χ0) is 16.1. The van der Waals surface area contributed by atoms with Gasteiger partial charge in [-0.25, -0.2) is 4.79 Å². The van der Waals surface area contributed by atoms with E-state index < -0.39 is 0 Å². The van der Waals surface area contributed by atoms with Gasteiger partial charge in [0.15, 0.2) is 0 Å². The highest BCUT2D eigenvalue weighted by molar-refractivity contribution is 6.00. The summed E-state index contributed by atoms with van der Waals surface area (Å²) >= 11 is 0. The van der Waals surface area contributed by atoms with Gasteiger partial charge in [-0.05, 0) is 25.0 Å². The van der Waals surface area contributed by atoms with Gasteiger partial charge < -0.3 is 9.80 Å². The number of nitrogens with one attached hydrogen (secondary N) is 2. The minimum absolute atomic E-state index is 0.0704. The van der Waals surface area contributed by atoms with E-state index in [1.54, 1.807) is 11.9 Å². The summed E-state index contributed by atoms with van der Waals surface area (Å²) in [6.07, 6.45) is 0.630. The van der Waals surface area contributed by atoms with Gasteiger partial charge in [0, 0.05) is 25.8 Å². The topological polar surface area (TPSA) is 67.9 Å². The van der Waals surface area contributed by atoms with E-state index >= 15 is 0 Å². The van der Waals surface area contributed by atoms with Crippen molar-refractivity contribution in [3.8, 4) is 0 Å². The number of carbonyl (C=O) groups excluding carboxylic acids is 2. The van der Waals surface area contributed by atoms with Crippen LogP contribution in [0.2, 0.25) is 0 Å². The van der Waals surface area contributed by atoms with Gasteiger partial charge in [-0.1, -0.05) is 18.2 Å². The zero-order valence-electron chi connectivity index (χ0n) is 13.3. The standard InChI is InChI=1S/C16H21N5O2/c1-10-6-3-4-7-11(10)20-8-5-9-21-12-13(17-15(20)21)19(2)16(23)18-14(12)22/h3-4,6-7,12-13,15,17H,5,8-9H2,1-2H3,(H,18,22,23). The van der Waals surface area contributed by atoms with Crippen LogP contribution in [0.3, 0.4) is 0 Å². The Kier molecular flexibility index (Phi) is 3.28. The van der Waals surface area contributed by atoms with Crippen LogP contribution in [-0.2, 0) is 4.79 Å². The van der Waals surface area contributed by atoms with Gasteiger partial charge in [0.2, 0.25) is 5.91 Å². The summed E-state index contributed by atoms with van der Waals surface area (Å²) in [4.78, 5) is 30.3. The van der Waals surface area contributed by atoms with Crippen LogP contribution in [0.25, 0.3) is 0 Å². The summed E-state index contributed by atoms with van der Waals surface area (Å²) in [5.41, 5.74) is 2.38. The second-order valence-electron chi connectivity index (χ2n) is 6.41. The molecule has 7 nitrogen and oxygen atoms in total. The van der Waals surface area contributed by atoms with Crippen LogP contribution in [0.5, 0.6) is 0 Å². The number of likely N-dealkylation sites (N-methyl/N-ethyl adjacent to an activating group) is 1. The summed E-state index contributed by atoms with van der Waals surface area (Å²) in [6.45, 7) is 3.87. The summed E-state index contributed by atoms with van der Waals surface area (Å²) in [6, 6.07) is 7.59. The second kappa shape index (κ2) is 5.21. The van der Waals surface area contributed by atoms with Crippen molar-refractivity contribution in [2.75, 3.05) is 25.0 Å². The Labute approximate surface area is 135 Å². The molecule has 122 valence electrons. The second-order valence-corrected chi connectivity index (χ2v) is 6.41. The van der Waals surface area contributed by atoms with E-state index in [1.165, 1.54) is 11.3 Å². The number of fused-ring (bicyclic) bond motifs is 3. The maximum Gasteiger partial charge on any atom is 0.325 e. The largest absolute Gasteiger partial charge is 0.343 e. The number of anilines is 1. The van der Waals surface area contributed by atoms with Gasteiger partial charge in [0.25, 0.3) is 0 Å². The molecule has 4 rings (SSSR count). The average molecular weight is 315 g/mol. The van der Waals surface area contributed by atoms with Gasteiger partial charge >= 0.3 is 6.03 Å². The Balaban J connectivity index is 1.69. The molecule has 2 N–H and O–H groups in total. The number of hydrogen-bond donors (Lipinski definition) is 2. The Hall–Kier alpha value is -2.12. The summed E-state index contributed by atoms with van der Waals surface area (Å²) in [5, 5.41) is 5.92. The van der Waals surface area contributed by atoms with E-state index in [4.69, 9.17) is 0 Å². The fraction of sp³-hybridized carbons (Fsp3) is 0.500. The lowest BCUT2D eigenvalue weighted by Gasteiger charge is -2.42. The van der Waals surface area contributed by atoms with Crippen LogP contribution in [-0.4, -0.2) is 60.4 Å². The predicted octanol–water partition coefficient (Wildman–Crippen LogP) is 0.270. The van der Waals surface area contributed by atoms with E-state index in [0.29, 0.717) is 0 Å². The minimum atomic E-state index is -0.342. The normalized spacial score (nSPS) is 31.0. The van der Waals surface area contributed by atoms with Crippen molar-refractivity contribution < 1.29 is 9.59 Å². The minimum Gasteiger partial charge on any atom is -0.343 e. The number of para-hydroxylation sites is 1. The molecule has 3 unspecified atom stereocenters. The van der Waals surface area contributed by atoms with Crippen molar-refractivity contribution in [3.63, 3.8) is 0 Å². The van der Waals surface area contributed by atoms with Crippen molar-refractivity contribution in [1.29, 1.82) is 0 Å². The molecular formula is C16H21N5O2. The molecule has 1 aromatic carbocycles. The summed E-state index contributed by atoms with van der Waals surface area (Å²) in [7, 11) is 1.73. The number of amides is 3. The van der Waals surface area contributed by atoms with E-state index in [1.807, 2.05) is 12.1 Å². The molecule has 7 heteroatoms. The maximum atomic E-state index is 12.3. The zero-order valence-corrected chi connectivity index (χ0v) is 13.3. The van der Waals surface area contributed by atoms with Crippen molar-refractivity contribution in [1.82, 2.24) is 20.4 Å². The number of urea groups is 1. The molecule has 0 radical (unpaired) electrons. The van der Waals surface area contributed by atoms with Gasteiger partial charge in [-0.2, -0.15) is 0 Å². The number of benzene rings is 1. The smallest absolute Gasteiger partial charge is 0.325 e. The fourth-order valence-corrected chi connectivity index (χ4v) is 3.90. The number of aryl methyl sites for hydroxylation is 1. The molecule has 0 saturated carbocycles. The molecule has 0 aromatic heterocycles. The van der Waals surface area contributed by atoms with Crippen LogP contribution in [0, 0.1) is 6.92 Å². The van der Waals surface area contributed by atoms with Gasteiger partial charge in [0.05, 0.1) is 0 Å². The number of imide groups is 1. The van der Waals surface area contributed by atoms with E-state index in [2.05, 4.69) is 39.5 Å². The van der Waals surface area contributed by atoms with Crippen LogP contribution in [0.4, 0.5) is 10.5 Å². The van der Waals surface area contributed by atoms with E-state index in [9.17, 15) is 9.59 Å². The van der Waals surface area contributed by atoms with Crippen molar-refractivity contribution in [2.45, 2.75) is 31.8 Å². The fourth-order valence-electron chi connectivity index (χ4n) is 3.90. The lowest BCUT2D eigenvalue weighted by molar-refractivity contribution is -0.128. The highest BCUT2D eigenvalue weighted by Crippen LogP contribution is 2.32. The molecule has 3 fully saturated rings. The SMILES string of the molecule is Cc1ccccc1N1CCCN2C3C(=O)NC(=O)N(C)C3NC12. The molecule has 0 aliphatic carbocycles. The van der Waals surface area contributed by atoms with Crippen LogP contribution < -0.4 is 15.5 Å². The summed E-state index contributed by atoms with van der Waals surface area (Å²) < 4.78 is 0. The molecule has 23 heavy (non-hydrogen) atoms. The molecule has 3 heterocycles. The number of carbonyl (C=O) groups is 2. The Morgan fingerprint density at radius 2 is 1.96 bits per heavy atom. The monoisotopic (exact) mass is 315 g/mol. The Morgan fingerprint density at radius 1 is 1.17 bits per heavy atom. The molecule has 3 aliphatic rings. The first-order valence-electron chi connectivity index (χ1n) is 7.99. The Morgan fingerprint density at radius 3 is 2.74 bits per heavy atom. The molecule has 1 aromatic rings. The van der Waals surface area contributed by atoms with Gasteiger partial charge in [-0.3, -0.25) is 20.3 Å². The lowest BCUT2D eigenvalue weighted by atomic mass is 10.1. The molecule has 0 spiro atoms. The van der Waals surface area contributed by atoms with Crippen LogP contribution in [0.1, 0.15) is 12.0 Å². The van der Waals surface area contributed by atoms with Crippen LogP contribution >= 0.6 is 0 Å². The van der Waals surface area contributed by atoms with E-state index in [-0.39, 0.29) is 30.4 Å². The van der Waals surface area contributed by atoms with Crippen LogP contribution in [0.15, 0.2) is 24.3 Å². The summed E-state index contributed by atoms with van der Waals surface area (Å²) in [5.74, 6) is -0.209. The molecular weight excluding hydrogens is 294 g/mol. The quantitative estimate of drug-likeness (QED) is 0.779. The first kappa shape index (κ1) is 14.5. The maximum absolute atomic E-state index is 12.3. The molecule has 3 aliphatic heterocycles. The third-order valence-electron chi connectivity index (χ3n) is 5.06. The van der Waals surface area contributed by atoms with Crippen molar-refractivity contribution >= 4 is 17.6 Å². The average Bonchev–Trinajstić information content (AvgIpc) is 2.93. The van der Waals surface area contributed by atoms with Gasteiger partial charge in [-0.15, -0.1) is 0 Å². The number of nitrogens with zero attached hydrogens (tertiary/aromatic N) is 3. The third kappa shape index (κ3) is 2.11. The first-order chi connectivity index (χ1) is 11.1. The first-order valence-corrected chi connectivity index (χ1v) is 7.99. The van der Waals surface area contributed by atoms with Crippen molar-refractivity contribution in [3.05, 3.63) is 29.8 Å². The Bertz CT molecular complexity index is 664. The number of hydrogen-bond acceptors (Lipinski definition) is 5. The highest BCUT2D eigenvalue weighted by Gasteiger charge is 2.53. The molecule has 3 amide bonds. The third-order valence-corrected chi connectivity index (χ3v) is 5.06. The molecule has 0 bridgehead atoms. The number of rotatable bonds is 1. The molecule has 3 saturated heterocycles. The lowest BCUT2D eigenvalue weighted by Crippen LogP contribution is -2.65.